The van der Waals surface area contributed by atoms with Crippen molar-refractivity contribution in [2.45, 2.75) is 6.92 Å². The molecule has 1 aromatic carbocycles. The zero-order valence-electron chi connectivity index (χ0n) is 7.52. The highest BCUT2D eigenvalue weighted by atomic mass is 79.9. The average molecular weight is 243 g/mol. The van der Waals surface area contributed by atoms with Gasteiger partial charge in [0.1, 0.15) is 0 Å². The van der Waals surface area contributed by atoms with Crippen LogP contribution in [-0.4, -0.2) is 13.0 Å². The lowest BCUT2D eigenvalue weighted by atomic mass is 10.2. The summed E-state index contributed by atoms with van der Waals surface area (Å²) in [6.45, 7) is 1.49. The van der Waals surface area contributed by atoms with Gasteiger partial charge in [0.2, 0.25) is 5.91 Å². The zero-order chi connectivity index (χ0) is 9.84. The first kappa shape index (κ1) is 10.1. The Balaban J connectivity index is 2.99. The van der Waals surface area contributed by atoms with Gasteiger partial charge in [-0.1, -0.05) is 15.9 Å². The molecule has 0 saturated heterocycles. The van der Waals surface area contributed by atoms with Crippen LogP contribution in [0.2, 0.25) is 0 Å². The molecule has 1 rings (SSSR count). The minimum absolute atomic E-state index is 0.0705. The zero-order valence-corrected chi connectivity index (χ0v) is 9.10. The van der Waals surface area contributed by atoms with Crippen LogP contribution in [0.4, 0.5) is 11.4 Å². The van der Waals surface area contributed by atoms with Crippen LogP contribution in [0.1, 0.15) is 6.92 Å². The van der Waals surface area contributed by atoms with Gasteiger partial charge in [-0.2, -0.15) is 0 Å². The summed E-state index contributed by atoms with van der Waals surface area (Å²) in [5, 5.41) is 5.73. The summed E-state index contributed by atoms with van der Waals surface area (Å²) in [5.41, 5.74) is 1.68. The predicted molar refractivity (Wildman–Crippen MR) is 58.0 cm³/mol. The Morgan fingerprint density at radius 1 is 1.38 bits per heavy atom. The Hall–Kier alpha value is -1.03. The average Bonchev–Trinajstić information content (AvgIpc) is 2.07. The van der Waals surface area contributed by atoms with Crippen LogP contribution >= 0.6 is 15.9 Å². The normalized spacial score (nSPS) is 9.46. The number of amides is 1. The summed E-state index contributed by atoms with van der Waals surface area (Å²) >= 11 is 3.35. The molecule has 0 aliphatic rings. The van der Waals surface area contributed by atoms with E-state index < -0.39 is 0 Å². The first-order valence-electron chi connectivity index (χ1n) is 3.88. The Morgan fingerprint density at radius 3 is 2.62 bits per heavy atom. The lowest BCUT2D eigenvalue weighted by Crippen LogP contribution is -2.07. The molecule has 0 aliphatic carbocycles. The maximum absolute atomic E-state index is 10.8. The molecule has 2 N–H and O–H groups in total. The van der Waals surface area contributed by atoms with Gasteiger partial charge in [-0.15, -0.1) is 0 Å². The molecule has 0 radical (unpaired) electrons. The first-order chi connectivity index (χ1) is 6.13. The topological polar surface area (TPSA) is 41.1 Å². The second-order valence-corrected chi connectivity index (χ2v) is 3.54. The second-order valence-electron chi connectivity index (χ2n) is 2.62. The predicted octanol–water partition coefficient (Wildman–Crippen LogP) is 2.45. The van der Waals surface area contributed by atoms with Crippen molar-refractivity contribution in [3.63, 3.8) is 0 Å². The van der Waals surface area contributed by atoms with Crippen LogP contribution in [0.5, 0.6) is 0 Å². The lowest BCUT2D eigenvalue weighted by Gasteiger charge is -2.09. The molecule has 3 nitrogen and oxygen atoms in total. The summed E-state index contributed by atoms with van der Waals surface area (Å²) in [5.74, 6) is -0.0705. The monoisotopic (exact) mass is 242 g/mol. The molecule has 4 heteroatoms. The van der Waals surface area contributed by atoms with E-state index >= 15 is 0 Å². The van der Waals surface area contributed by atoms with Crippen LogP contribution in [0, 0.1) is 0 Å². The quantitative estimate of drug-likeness (QED) is 0.837. The molecule has 0 aromatic heterocycles. The molecule has 1 aromatic rings. The molecule has 1 amide bonds. The van der Waals surface area contributed by atoms with Gasteiger partial charge in [0.05, 0.1) is 11.4 Å². The van der Waals surface area contributed by atoms with Gasteiger partial charge < -0.3 is 10.6 Å². The van der Waals surface area contributed by atoms with Crippen LogP contribution in [0.3, 0.4) is 0 Å². The van der Waals surface area contributed by atoms with Gasteiger partial charge in [-0.05, 0) is 18.2 Å². The third-order valence-corrected chi connectivity index (χ3v) is 2.05. The Bertz CT molecular complexity index is 325. The van der Waals surface area contributed by atoms with E-state index in [4.69, 9.17) is 0 Å². The van der Waals surface area contributed by atoms with E-state index in [1.54, 1.807) is 0 Å². The van der Waals surface area contributed by atoms with E-state index in [-0.39, 0.29) is 5.91 Å². The Labute approximate surface area is 85.7 Å². The fourth-order valence-electron chi connectivity index (χ4n) is 1.02. The van der Waals surface area contributed by atoms with Crippen molar-refractivity contribution in [1.29, 1.82) is 0 Å². The van der Waals surface area contributed by atoms with Gasteiger partial charge in [-0.3, -0.25) is 4.79 Å². The molecule has 0 spiro atoms. The maximum atomic E-state index is 10.8. The Morgan fingerprint density at radius 2 is 2.08 bits per heavy atom. The molecule has 0 heterocycles. The minimum atomic E-state index is -0.0705. The van der Waals surface area contributed by atoms with Gasteiger partial charge in [-0.25, -0.2) is 0 Å². The maximum Gasteiger partial charge on any atom is 0.221 e. The molecule has 0 saturated carbocycles. The third-order valence-electron chi connectivity index (χ3n) is 1.56. The summed E-state index contributed by atoms with van der Waals surface area (Å²) < 4.78 is 0.978. The van der Waals surface area contributed by atoms with E-state index in [1.165, 1.54) is 6.92 Å². The molecule has 0 bridgehead atoms. The highest BCUT2D eigenvalue weighted by molar-refractivity contribution is 9.10. The Kier molecular flexibility index (Phi) is 3.31. The number of hydrogen-bond acceptors (Lipinski definition) is 2. The standard InChI is InChI=1S/C9H11BrN2O/c1-6(13)12-8-4-3-7(10)5-9(8)11-2/h3-5,11H,1-2H3,(H,12,13). The van der Waals surface area contributed by atoms with Crippen molar-refractivity contribution in [2.75, 3.05) is 17.7 Å². The molecular weight excluding hydrogens is 232 g/mol. The van der Waals surface area contributed by atoms with Gasteiger partial charge in [0.25, 0.3) is 0 Å². The highest BCUT2D eigenvalue weighted by Crippen LogP contribution is 2.25. The van der Waals surface area contributed by atoms with Crippen LogP contribution in [0.15, 0.2) is 22.7 Å². The van der Waals surface area contributed by atoms with Crippen LogP contribution in [-0.2, 0) is 4.79 Å². The van der Waals surface area contributed by atoms with Crippen LogP contribution in [0.25, 0.3) is 0 Å². The number of anilines is 2. The third kappa shape index (κ3) is 2.73. The fourth-order valence-corrected chi connectivity index (χ4v) is 1.38. The molecular formula is C9H11BrN2O. The van der Waals surface area contributed by atoms with Crippen molar-refractivity contribution in [3.8, 4) is 0 Å². The van der Waals surface area contributed by atoms with Gasteiger partial charge in [0.15, 0.2) is 0 Å². The van der Waals surface area contributed by atoms with E-state index in [1.807, 2.05) is 25.2 Å². The second kappa shape index (κ2) is 4.28. The van der Waals surface area contributed by atoms with Crippen molar-refractivity contribution in [3.05, 3.63) is 22.7 Å². The number of carbonyl (C=O) groups excluding carboxylic acids is 1. The number of benzene rings is 1. The largest absolute Gasteiger partial charge is 0.386 e. The SMILES string of the molecule is CNc1cc(Br)ccc1NC(C)=O. The molecule has 0 unspecified atom stereocenters. The van der Waals surface area contributed by atoms with E-state index in [0.29, 0.717) is 0 Å². The minimum Gasteiger partial charge on any atom is -0.386 e. The highest BCUT2D eigenvalue weighted by Gasteiger charge is 2.02. The van der Waals surface area contributed by atoms with Gasteiger partial charge >= 0.3 is 0 Å². The number of rotatable bonds is 2. The van der Waals surface area contributed by atoms with Crippen molar-refractivity contribution < 1.29 is 4.79 Å². The summed E-state index contributed by atoms with van der Waals surface area (Å²) in [7, 11) is 1.81. The van der Waals surface area contributed by atoms with Crippen LogP contribution < -0.4 is 10.6 Å². The molecule has 13 heavy (non-hydrogen) atoms. The van der Waals surface area contributed by atoms with Crippen molar-refractivity contribution >= 4 is 33.2 Å². The van der Waals surface area contributed by atoms with E-state index in [2.05, 4.69) is 26.6 Å². The number of hydrogen-bond donors (Lipinski definition) is 2. The summed E-state index contributed by atoms with van der Waals surface area (Å²) in [6, 6.07) is 5.63. The molecule has 0 fully saturated rings. The molecule has 70 valence electrons. The van der Waals surface area contributed by atoms with E-state index in [0.717, 1.165) is 15.8 Å². The summed E-state index contributed by atoms with van der Waals surface area (Å²) in [4.78, 5) is 10.8. The number of nitrogens with one attached hydrogen (secondary N) is 2. The number of halogens is 1. The number of carbonyl (C=O) groups is 1. The molecule has 0 aliphatic heterocycles. The molecule has 0 atom stereocenters. The lowest BCUT2D eigenvalue weighted by molar-refractivity contribution is -0.114. The van der Waals surface area contributed by atoms with E-state index in [9.17, 15) is 4.79 Å². The smallest absolute Gasteiger partial charge is 0.221 e. The van der Waals surface area contributed by atoms with Gasteiger partial charge in [0, 0.05) is 18.4 Å². The fraction of sp³-hybridized carbons (Fsp3) is 0.222. The van der Waals surface area contributed by atoms with Crippen molar-refractivity contribution in [1.82, 2.24) is 0 Å². The summed E-state index contributed by atoms with van der Waals surface area (Å²) in [6.07, 6.45) is 0. The van der Waals surface area contributed by atoms with Crippen molar-refractivity contribution in [2.24, 2.45) is 0 Å². The first-order valence-corrected chi connectivity index (χ1v) is 4.67.